The molecular formula is C15H20O4. The van der Waals surface area contributed by atoms with Gasteiger partial charge in [0, 0.05) is 11.0 Å². The Bertz CT molecular complexity index is 492. The summed E-state index contributed by atoms with van der Waals surface area (Å²) in [5.74, 6) is -0.769. The molecule has 2 fully saturated rings. The zero-order chi connectivity index (χ0) is 13.9. The Morgan fingerprint density at radius 1 is 1.42 bits per heavy atom. The zero-order valence-electron chi connectivity index (χ0n) is 11.3. The van der Waals surface area contributed by atoms with Gasteiger partial charge in [0.2, 0.25) is 0 Å². The highest BCUT2D eigenvalue weighted by molar-refractivity contribution is 5.91. The van der Waals surface area contributed by atoms with Crippen molar-refractivity contribution in [2.75, 3.05) is 0 Å². The third kappa shape index (κ3) is 1.56. The number of rotatable bonds is 0. The lowest BCUT2D eigenvalue weighted by molar-refractivity contribution is -0.140. The number of carbonyl (C=O) groups is 1. The topological polar surface area (TPSA) is 66.8 Å². The van der Waals surface area contributed by atoms with E-state index in [0.29, 0.717) is 18.4 Å². The Labute approximate surface area is 112 Å². The molecule has 0 unspecified atom stereocenters. The van der Waals surface area contributed by atoms with E-state index in [-0.39, 0.29) is 5.92 Å². The van der Waals surface area contributed by atoms with Crippen molar-refractivity contribution in [3.8, 4) is 0 Å². The predicted molar refractivity (Wildman–Crippen MR) is 69.2 cm³/mol. The molecule has 4 heteroatoms. The van der Waals surface area contributed by atoms with E-state index in [1.807, 2.05) is 13.8 Å². The van der Waals surface area contributed by atoms with Crippen LogP contribution in [0.4, 0.5) is 0 Å². The second-order valence-electron chi connectivity index (χ2n) is 6.31. The number of carbonyl (C=O) groups excluding carboxylic acids is 1. The van der Waals surface area contributed by atoms with Crippen LogP contribution in [0, 0.1) is 11.3 Å². The molecule has 1 saturated heterocycles. The number of ether oxygens (including phenoxy) is 1. The quantitative estimate of drug-likeness (QED) is 0.393. The molecule has 5 atom stereocenters. The summed E-state index contributed by atoms with van der Waals surface area (Å²) < 4.78 is 5.43. The number of hydrogen-bond donors (Lipinski definition) is 2. The highest BCUT2D eigenvalue weighted by Crippen LogP contribution is 2.55. The maximum Gasteiger partial charge on any atom is 0.334 e. The van der Waals surface area contributed by atoms with E-state index in [9.17, 15) is 15.0 Å². The van der Waals surface area contributed by atoms with Crippen molar-refractivity contribution in [3.05, 3.63) is 23.3 Å². The molecule has 19 heavy (non-hydrogen) atoms. The third-order valence-corrected chi connectivity index (χ3v) is 5.16. The fourth-order valence-corrected chi connectivity index (χ4v) is 4.10. The van der Waals surface area contributed by atoms with Crippen LogP contribution in [0.2, 0.25) is 0 Å². The highest BCUT2D eigenvalue weighted by Gasteiger charge is 2.57. The van der Waals surface area contributed by atoms with Gasteiger partial charge in [0.15, 0.2) is 0 Å². The standard InChI is InChI=1S/C15H20O4/c1-7-4-5-10(17)15(3)6-9(16)11-8(2)14(18)19-13(11)12(7)15/h9-11,13,16-17H,2,4-6H2,1,3H3/t9-,10-,11+,13-,15+/m0/s1. The van der Waals surface area contributed by atoms with Crippen LogP contribution in [0.5, 0.6) is 0 Å². The van der Waals surface area contributed by atoms with Crippen LogP contribution in [-0.2, 0) is 9.53 Å². The Hall–Kier alpha value is -1.13. The Morgan fingerprint density at radius 2 is 2.11 bits per heavy atom. The van der Waals surface area contributed by atoms with Crippen molar-refractivity contribution in [1.82, 2.24) is 0 Å². The molecule has 1 aliphatic heterocycles. The summed E-state index contributed by atoms with van der Waals surface area (Å²) in [6.45, 7) is 7.75. The van der Waals surface area contributed by atoms with Crippen molar-refractivity contribution in [1.29, 1.82) is 0 Å². The molecule has 3 aliphatic rings. The minimum atomic E-state index is -0.682. The first-order chi connectivity index (χ1) is 8.86. The maximum atomic E-state index is 11.7. The first kappa shape index (κ1) is 12.9. The van der Waals surface area contributed by atoms with Crippen molar-refractivity contribution < 1.29 is 19.7 Å². The van der Waals surface area contributed by atoms with Crippen molar-refractivity contribution in [2.45, 2.75) is 51.4 Å². The van der Waals surface area contributed by atoms with Gasteiger partial charge >= 0.3 is 5.97 Å². The van der Waals surface area contributed by atoms with E-state index in [0.717, 1.165) is 12.0 Å². The number of hydrogen-bond acceptors (Lipinski definition) is 4. The molecular weight excluding hydrogens is 244 g/mol. The first-order valence-electron chi connectivity index (χ1n) is 6.82. The lowest BCUT2D eigenvalue weighted by Crippen LogP contribution is -2.52. The molecule has 0 spiro atoms. The minimum Gasteiger partial charge on any atom is -0.454 e. The molecule has 1 saturated carbocycles. The molecule has 3 rings (SSSR count). The van der Waals surface area contributed by atoms with Crippen LogP contribution in [-0.4, -0.2) is 34.5 Å². The maximum absolute atomic E-state index is 11.7. The summed E-state index contributed by atoms with van der Waals surface area (Å²) in [4.78, 5) is 11.7. The van der Waals surface area contributed by atoms with Gasteiger partial charge in [-0.05, 0) is 31.8 Å². The molecule has 0 radical (unpaired) electrons. The van der Waals surface area contributed by atoms with Gasteiger partial charge in [-0.25, -0.2) is 4.79 Å². The SMILES string of the molecule is C=C1C(=O)O[C@@H]2C3=C(C)CC[C@H](O)[C@@]3(C)C[C@H](O)[C@@H]12. The number of fused-ring (bicyclic) bond motifs is 3. The third-order valence-electron chi connectivity index (χ3n) is 5.16. The smallest absolute Gasteiger partial charge is 0.334 e. The molecule has 0 aromatic rings. The second-order valence-corrected chi connectivity index (χ2v) is 6.31. The number of allylic oxidation sites excluding steroid dienone is 1. The van der Waals surface area contributed by atoms with Gasteiger partial charge in [-0.1, -0.05) is 19.1 Å². The summed E-state index contributed by atoms with van der Waals surface area (Å²) in [7, 11) is 0. The number of aliphatic hydroxyl groups excluding tert-OH is 2. The van der Waals surface area contributed by atoms with E-state index >= 15 is 0 Å². The van der Waals surface area contributed by atoms with Crippen LogP contribution >= 0.6 is 0 Å². The predicted octanol–water partition coefficient (Wildman–Crippen LogP) is 1.33. The average Bonchev–Trinajstić information content (AvgIpc) is 2.61. The van der Waals surface area contributed by atoms with E-state index in [2.05, 4.69) is 6.58 Å². The van der Waals surface area contributed by atoms with E-state index in [4.69, 9.17) is 4.74 Å². The normalized spacial score (nSPS) is 45.9. The summed E-state index contributed by atoms with van der Waals surface area (Å²) in [5.41, 5.74) is 2.05. The van der Waals surface area contributed by atoms with Gasteiger partial charge in [-0.15, -0.1) is 0 Å². The van der Waals surface area contributed by atoms with Gasteiger partial charge in [0.25, 0.3) is 0 Å². The van der Waals surface area contributed by atoms with E-state index in [1.54, 1.807) is 0 Å². The second kappa shape index (κ2) is 3.93. The molecule has 2 aliphatic carbocycles. The fourth-order valence-electron chi connectivity index (χ4n) is 4.10. The summed E-state index contributed by atoms with van der Waals surface area (Å²) >= 11 is 0. The van der Waals surface area contributed by atoms with Gasteiger partial charge in [-0.2, -0.15) is 0 Å². The van der Waals surface area contributed by atoms with Crippen LogP contribution < -0.4 is 0 Å². The van der Waals surface area contributed by atoms with Crippen molar-refractivity contribution in [3.63, 3.8) is 0 Å². The zero-order valence-corrected chi connectivity index (χ0v) is 11.3. The summed E-state index contributed by atoms with van der Waals surface area (Å²) in [6, 6.07) is 0. The first-order valence-corrected chi connectivity index (χ1v) is 6.82. The summed E-state index contributed by atoms with van der Waals surface area (Å²) in [5, 5.41) is 20.7. The van der Waals surface area contributed by atoms with Gasteiger partial charge < -0.3 is 14.9 Å². The molecule has 0 aromatic heterocycles. The molecule has 104 valence electrons. The van der Waals surface area contributed by atoms with E-state index in [1.165, 1.54) is 5.57 Å². The van der Waals surface area contributed by atoms with Crippen molar-refractivity contribution >= 4 is 5.97 Å². The van der Waals surface area contributed by atoms with Gasteiger partial charge in [-0.3, -0.25) is 0 Å². The Balaban J connectivity index is 2.12. The number of esters is 1. The Kier molecular flexibility index (Phi) is 2.67. The van der Waals surface area contributed by atoms with Crippen LogP contribution in [0.15, 0.2) is 23.3 Å². The van der Waals surface area contributed by atoms with Gasteiger partial charge in [0.05, 0.1) is 18.1 Å². The molecule has 2 N–H and O–H groups in total. The fraction of sp³-hybridized carbons (Fsp3) is 0.667. The molecule has 1 heterocycles. The van der Waals surface area contributed by atoms with Gasteiger partial charge in [0.1, 0.15) is 6.10 Å². The molecule has 4 nitrogen and oxygen atoms in total. The van der Waals surface area contributed by atoms with Crippen molar-refractivity contribution in [2.24, 2.45) is 11.3 Å². The lowest BCUT2D eigenvalue weighted by Gasteiger charge is -2.49. The highest BCUT2D eigenvalue weighted by atomic mass is 16.6. The Morgan fingerprint density at radius 3 is 2.79 bits per heavy atom. The lowest BCUT2D eigenvalue weighted by atomic mass is 9.58. The largest absolute Gasteiger partial charge is 0.454 e. The van der Waals surface area contributed by atoms with Crippen LogP contribution in [0.25, 0.3) is 0 Å². The van der Waals surface area contributed by atoms with Crippen LogP contribution in [0.3, 0.4) is 0 Å². The minimum absolute atomic E-state index is 0.351. The van der Waals surface area contributed by atoms with E-state index < -0.39 is 29.7 Å². The van der Waals surface area contributed by atoms with Crippen LogP contribution in [0.1, 0.15) is 33.1 Å². The molecule has 0 amide bonds. The number of aliphatic hydroxyl groups is 2. The monoisotopic (exact) mass is 264 g/mol. The summed E-state index contributed by atoms with van der Waals surface area (Å²) in [6.07, 6.45) is 0.356. The molecule has 0 aromatic carbocycles. The molecule has 0 bridgehead atoms. The average molecular weight is 264 g/mol.